The van der Waals surface area contributed by atoms with Gasteiger partial charge < -0.3 is 16.2 Å². The molecule has 5 nitrogen and oxygen atoms in total. The fraction of sp³-hybridized carbons (Fsp3) is 0.333. The van der Waals surface area contributed by atoms with Crippen molar-refractivity contribution in [2.45, 2.75) is 12.8 Å². The van der Waals surface area contributed by atoms with Crippen LogP contribution >= 0.6 is 0 Å². The third kappa shape index (κ3) is 2.45. The molecule has 0 atom stereocenters. The molecular formula is C12H16N4O. The van der Waals surface area contributed by atoms with Crippen molar-refractivity contribution in [3.05, 3.63) is 24.0 Å². The lowest BCUT2D eigenvalue weighted by atomic mass is 10.2. The van der Waals surface area contributed by atoms with Gasteiger partial charge in [-0.05, 0) is 31.2 Å². The van der Waals surface area contributed by atoms with Gasteiger partial charge in [0.1, 0.15) is 17.4 Å². The van der Waals surface area contributed by atoms with Crippen LogP contribution in [0.25, 0.3) is 10.9 Å². The van der Waals surface area contributed by atoms with Crippen molar-refractivity contribution in [2.24, 2.45) is 5.73 Å². The number of anilines is 1. The average molecular weight is 232 g/mol. The molecule has 1 heterocycles. The molecule has 4 N–H and O–H groups in total. The number of ether oxygens (including phenoxy) is 1. The van der Waals surface area contributed by atoms with E-state index in [4.69, 9.17) is 16.2 Å². The molecule has 5 heteroatoms. The molecule has 0 radical (unpaired) electrons. The maximum atomic E-state index is 5.91. The highest BCUT2D eigenvalue weighted by Crippen LogP contribution is 2.23. The minimum Gasteiger partial charge on any atom is -0.497 e. The second-order valence-electron chi connectivity index (χ2n) is 3.80. The zero-order valence-electron chi connectivity index (χ0n) is 9.81. The lowest BCUT2D eigenvalue weighted by molar-refractivity contribution is 0.415. The Morgan fingerprint density at radius 1 is 1.29 bits per heavy atom. The minimum atomic E-state index is 0.487. The van der Waals surface area contributed by atoms with Crippen LogP contribution in [0.5, 0.6) is 5.75 Å². The van der Waals surface area contributed by atoms with Crippen LogP contribution in [-0.4, -0.2) is 23.6 Å². The molecule has 0 saturated carbocycles. The summed E-state index contributed by atoms with van der Waals surface area (Å²) >= 11 is 0. The number of nitrogens with zero attached hydrogens (tertiary/aromatic N) is 2. The molecule has 17 heavy (non-hydrogen) atoms. The van der Waals surface area contributed by atoms with Gasteiger partial charge >= 0.3 is 0 Å². The molecule has 0 saturated heterocycles. The zero-order valence-corrected chi connectivity index (χ0v) is 9.81. The molecule has 0 bridgehead atoms. The second-order valence-corrected chi connectivity index (χ2v) is 3.80. The Kier molecular flexibility index (Phi) is 3.39. The Bertz CT molecular complexity index is 527. The Morgan fingerprint density at radius 2 is 2.12 bits per heavy atom. The summed E-state index contributed by atoms with van der Waals surface area (Å²) in [5.41, 5.74) is 12.2. The van der Waals surface area contributed by atoms with Crippen LogP contribution in [0.2, 0.25) is 0 Å². The molecule has 0 aliphatic heterocycles. The Morgan fingerprint density at radius 3 is 2.82 bits per heavy atom. The van der Waals surface area contributed by atoms with Crippen molar-refractivity contribution in [3.63, 3.8) is 0 Å². The van der Waals surface area contributed by atoms with E-state index in [1.54, 1.807) is 7.11 Å². The summed E-state index contributed by atoms with van der Waals surface area (Å²) in [6.45, 7) is 0.629. The number of hydrogen-bond donors (Lipinski definition) is 2. The number of benzene rings is 1. The van der Waals surface area contributed by atoms with Gasteiger partial charge in [0, 0.05) is 11.8 Å². The van der Waals surface area contributed by atoms with Crippen LogP contribution in [0.3, 0.4) is 0 Å². The summed E-state index contributed by atoms with van der Waals surface area (Å²) in [4.78, 5) is 8.72. The first-order chi connectivity index (χ1) is 8.24. The predicted octanol–water partition coefficient (Wildman–Crippen LogP) is 1.11. The molecule has 0 amide bonds. The van der Waals surface area contributed by atoms with Crippen molar-refractivity contribution in [1.29, 1.82) is 0 Å². The summed E-state index contributed by atoms with van der Waals surface area (Å²) in [5.74, 6) is 1.98. The Hall–Kier alpha value is -1.88. The van der Waals surface area contributed by atoms with Crippen LogP contribution in [0, 0.1) is 0 Å². The summed E-state index contributed by atoms with van der Waals surface area (Å²) in [6.07, 6.45) is 1.61. The van der Waals surface area contributed by atoms with Gasteiger partial charge in [-0.25, -0.2) is 9.97 Å². The molecule has 0 aliphatic carbocycles. The molecule has 1 aromatic carbocycles. The quantitative estimate of drug-likeness (QED) is 0.824. The standard InChI is InChI=1S/C12H16N4O/c1-17-8-4-5-10-9(7-8)12(14)16-11(15-10)3-2-6-13/h4-5,7H,2-3,6,13H2,1H3,(H2,14,15,16). The Balaban J connectivity index is 2.44. The molecule has 0 unspecified atom stereocenters. The summed E-state index contributed by atoms with van der Waals surface area (Å²) in [5, 5.41) is 0.820. The monoisotopic (exact) mass is 232 g/mol. The molecule has 2 rings (SSSR count). The lowest BCUT2D eigenvalue weighted by Crippen LogP contribution is -2.05. The molecule has 2 aromatic rings. The first kappa shape index (κ1) is 11.6. The van der Waals surface area contributed by atoms with Gasteiger partial charge in [-0.15, -0.1) is 0 Å². The van der Waals surface area contributed by atoms with E-state index in [0.29, 0.717) is 12.4 Å². The SMILES string of the molecule is COc1ccc2nc(CCCN)nc(N)c2c1. The van der Waals surface area contributed by atoms with E-state index in [2.05, 4.69) is 9.97 Å². The molecule has 0 fully saturated rings. The first-order valence-corrected chi connectivity index (χ1v) is 5.55. The molecular weight excluding hydrogens is 216 g/mol. The fourth-order valence-corrected chi connectivity index (χ4v) is 1.68. The summed E-state index contributed by atoms with van der Waals surface area (Å²) < 4.78 is 5.14. The van der Waals surface area contributed by atoms with E-state index >= 15 is 0 Å². The number of nitrogen functional groups attached to an aromatic ring is 1. The van der Waals surface area contributed by atoms with Crippen molar-refractivity contribution in [3.8, 4) is 5.75 Å². The number of aryl methyl sites for hydroxylation is 1. The minimum absolute atomic E-state index is 0.487. The topological polar surface area (TPSA) is 87.0 Å². The van der Waals surface area contributed by atoms with Crippen molar-refractivity contribution >= 4 is 16.7 Å². The van der Waals surface area contributed by atoms with Crippen molar-refractivity contribution < 1.29 is 4.74 Å². The van der Waals surface area contributed by atoms with Gasteiger partial charge in [0.05, 0.1) is 12.6 Å². The van der Waals surface area contributed by atoms with E-state index < -0.39 is 0 Å². The van der Waals surface area contributed by atoms with Gasteiger partial charge in [0.25, 0.3) is 0 Å². The molecule has 1 aromatic heterocycles. The lowest BCUT2D eigenvalue weighted by Gasteiger charge is -2.06. The number of fused-ring (bicyclic) bond motifs is 1. The van der Waals surface area contributed by atoms with Crippen molar-refractivity contribution in [1.82, 2.24) is 9.97 Å². The predicted molar refractivity (Wildman–Crippen MR) is 67.9 cm³/mol. The number of nitrogens with two attached hydrogens (primary N) is 2. The first-order valence-electron chi connectivity index (χ1n) is 5.55. The maximum Gasteiger partial charge on any atom is 0.135 e. The van der Waals surface area contributed by atoms with Gasteiger partial charge in [-0.3, -0.25) is 0 Å². The van der Waals surface area contributed by atoms with Gasteiger partial charge in [-0.1, -0.05) is 0 Å². The Labute approximate surface area is 99.8 Å². The van der Waals surface area contributed by atoms with Crippen LogP contribution in [0.1, 0.15) is 12.2 Å². The van der Waals surface area contributed by atoms with E-state index in [9.17, 15) is 0 Å². The fourth-order valence-electron chi connectivity index (χ4n) is 1.68. The highest BCUT2D eigenvalue weighted by atomic mass is 16.5. The third-order valence-corrected chi connectivity index (χ3v) is 2.58. The van der Waals surface area contributed by atoms with Gasteiger partial charge in [-0.2, -0.15) is 0 Å². The number of hydrogen-bond acceptors (Lipinski definition) is 5. The zero-order chi connectivity index (χ0) is 12.3. The van der Waals surface area contributed by atoms with E-state index in [1.165, 1.54) is 0 Å². The van der Waals surface area contributed by atoms with E-state index in [-0.39, 0.29) is 0 Å². The van der Waals surface area contributed by atoms with Gasteiger partial charge in [0.15, 0.2) is 0 Å². The molecule has 90 valence electrons. The summed E-state index contributed by atoms with van der Waals surface area (Å²) in [7, 11) is 1.62. The highest BCUT2D eigenvalue weighted by molar-refractivity contribution is 5.89. The molecule has 0 aliphatic rings. The maximum absolute atomic E-state index is 5.91. The number of methoxy groups -OCH3 is 1. The van der Waals surface area contributed by atoms with Crippen molar-refractivity contribution in [2.75, 3.05) is 19.4 Å². The number of aromatic nitrogens is 2. The van der Waals surface area contributed by atoms with Crippen LogP contribution in [0.15, 0.2) is 18.2 Å². The molecule has 0 spiro atoms. The van der Waals surface area contributed by atoms with Crippen LogP contribution < -0.4 is 16.2 Å². The average Bonchev–Trinajstić information content (AvgIpc) is 2.36. The van der Waals surface area contributed by atoms with Crippen LogP contribution in [0.4, 0.5) is 5.82 Å². The largest absolute Gasteiger partial charge is 0.497 e. The highest BCUT2D eigenvalue weighted by Gasteiger charge is 2.06. The van der Waals surface area contributed by atoms with Crippen LogP contribution in [-0.2, 0) is 6.42 Å². The normalized spacial score (nSPS) is 10.7. The third-order valence-electron chi connectivity index (χ3n) is 2.58. The smallest absolute Gasteiger partial charge is 0.135 e. The second kappa shape index (κ2) is 4.97. The number of rotatable bonds is 4. The summed E-state index contributed by atoms with van der Waals surface area (Å²) in [6, 6.07) is 5.59. The van der Waals surface area contributed by atoms with Gasteiger partial charge in [0.2, 0.25) is 0 Å². The van der Waals surface area contributed by atoms with E-state index in [1.807, 2.05) is 18.2 Å². The van der Waals surface area contributed by atoms with E-state index in [0.717, 1.165) is 35.3 Å².